The minimum absolute atomic E-state index is 0.296. The summed E-state index contributed by atoms with van der Waals surface area (Å²) in [6, 6.07) is 1.83. The largest absolute Gasteiger partial charge is 0.478 e. The molecule has 0 unspecified atom stereocenters. The van der Waals surface area contributed by atoms with E-state index in [1.807, 2.05) is 13.0 Å². The molecule has 2 rings (SSSR count). The SMILES string of the molecule is Cc1cc(NCC2(C(C)C)CC2)c(C(=O)O)c(C)n1. The third-order valence-corrected chi connectivity index (χ3v) is 4.29. The highest BCUT2D eigenvalue weighted by molar-refractivity contribution is 5.95. The van der Waals surface area contributed by atoms with Gasteiger partial charge in [-0.15, -0.1) is 0 Å². The minimum atomic E-state index is -0.915. The van der Waals surface area contributed by atoms with Crippen molar-refractivity contribution in [1.82, 2.24) is 4.98 Å². The van der Waals surface area contributed by atoms with Gasteiger partial charge in [-0.1, -0.05) is 13.8 Å². The summed E-state index contributed by atoms with van der Waals surface area (Å²) in [6.07, 6.45) is 2.45. The van der Waals surface area contributed by atoms with Gasteiger partial charge in [-0.05, 0) is 44.1 Å². The molecule has 19 heavy (non-hydrogen) atoms. The second kappa shape index (κ2) is 4.83. The molecule has 0 saturated heterocycles. The lowest BCUT2D eigenvalue weighted by Crippen LogP contribution is -2.22. The van der Waals surface area contributed by atoms with Gasteiger partial charge in [0.15, 0.2) is 0 Å². The number of carboxylic acids is 1. The zero-order valence-electron chi connectivity index (χ0n) is 12.1. The lowest BCUT2D eigenvalue weighted by atomic mass is 9.92. The van der Waals surface area contributed by atoms with E-state index in [-0.39, 0.29) is 0 Å². The van der Waals surface area contributed by atoms with E-state index in [0.717, 1.165) is 12.2 Å². The number of hydrogen-bond acceptors (Lipinski definition) is 3. The molecule has 0 spiro atoms. The first kappa shape index (κ1) is 13.8. The predicted molar refractivity (Wildman–Crippen MR) is 75.7 cm³/mol. The first-order valence-corrected chi connectivity index (χ1v) is 6.81. The monoisotopic (exact) mass is 262 g/mol. The van der Waals surface area contributed by atoms with E-state index in [9.17, 15) is 9.90 Å². The van der Waals surface area contributed by atoms with Gasteiger partial charge < -0.3 is 10.4 Å². The van der Waals surface area contributed by atoms with Gasteiger partial charge in [0.1, 0.15) is 5.56 Å². The summed E-state index contributed by atoms with van der Waals surface area (Å²) < 4.78 is 0. The zero-order valence-corrected chi connectivity index (χ0v) is 12.1. The van der Waals surface area contributed by atoms with Crippen molar-refractivity contribution in [2.24, 2.45) is 11.3 Å². The third kappa shape index (κ3) is 2.72. The summed E-state index contributed by atoms with van der Waals surface area (Å²) in [5, 5.41) is 12.7. The molecule has 0 aromatic carbocycles. The molecule has 0 amide bonds. The Morgan fingerprint density at radius 3 is 2.58 bits per heavy atom. The topological polar surface area (TPSA) is 62.2 Å². The summed E-state index contributed by atoms with van der Waals surface area (Å²) in [5.74, 6) is -0.292. The molecule has 0 radical (unpaired) electrons. The number of pyridine rings is 1. The van der Waals surface area contributed by atoms with E-state index in [0.29, 0.717) is 28.3 Å². The summed E-state index contributed by atoms with van der Waals surface area (Å²) in [4.78, 5) is 15.6. The lowest BCUT2D eigenvalue weighted by Gasteiger charge is -2.22. The van der Waals surface area contributed by atoms with Crippen LogP contribution < -0.4 is 5.32 Å². The number of aromatic nitrogens is 1. The normalized spacial score (nSPS) is 16.5. The molecule has 0 bridgehead atoms. The Hall–Kier alpha value is -1.58. The van der Waals surface area contributed by atoms with Gasteiger partial charge in [-0.3, -0.25) is 4.98 Å². The number of anilines is 1. The lowest BCUT2D eigenvalue weighted by molar-refractivity contribution is 0.0696. The van der Waals surface area contributed by atoms with E-state index < -0.39 is 5.97 Å². The van der Waals surface area contributed by atoms with Crippen molar-refractivity contribution in [3.8, 4) is 0 Å². The molecule has 104 valence electrons. The number of nitrogens with one attached hydrogen (secondary N) is 1. The minimum Gasteiger partial charge on any atom is -0.478 e. The van der Waals surface area contributed by atoms with Crippen LogP contribution in [0, 0.1) is 25.2 Å². The van der Waals surface area contributed by atoms with Crippen LogP contribution in [0.5, 0.6) is 0 Å². The van der Waals surface area contributed by atoms with E-state index in [4.69, 9.17) is 0 Å². The first-order chi connectivity index (χ1) is 8.85. The number of carboxylic acid groups (broad SMARTS) is 1. The summed E-state index contributed by atoms with van der Waals surface area (Å²) in [7, 11) is 0. The van der Waals surface area contributed by atoms with E-state index >= 15 is 0 Å². The Morgan fingerprint density at radius 1 is 1.47 bits per heavy atom. The zero-order chi connectivity index (χ0) is 14.2. The van der Waals surface area contributed by atoms with Crippen molar-refractivity contribution in [1.29, 1.82) is 0 Å². The first-order valence-electron chi connectivity index (χ1n) is 6.81. The maximum atomic E-state index is 11.3. The van der Waals surface area contributed by atoms with Gasteiger partial charge in [-0.2, -0.15) is 0 Å². The summed E-state index contributed by atoms with van der Waals surface area (Å²) in [5.41, 5.74) is 2.76. The van der Waals surface area contributed by atoms with Crippen LogP contribution in [0.2, 0.25) is 0 Å². The van der Waals surface area contributed by atoms with Crippen molar-refractivity contribution in [2.75, 3.05) is 11.9 Å². The van der Waals surface area contributed by atoms with Gasteiger partial charge in [0.2, 0.25) is 0 Å². The van der Waals surface area contributed by atoms with Gasteiger partial charge in [0.25, 0.3) is 0 Å². The van der Waals surface area contributed by atoms with Crippen molar-refractivity contribution < 1.29 is 9.90 Å². The number of aryl methyl sites for hydroxylation is 2. The summed E-state index contributed by atoms with van der Waals surface area (Å²) in [6.45, 7) is 8.94. The van der Waals surface area contributed by atoms with Gasteiger partial charge >= 0.3 is 5.97 Å². The van der Waals surface area contributed by atoms with Gasteiger partial charge in [0, 0.05) is 12.2 Å². The standard InChI is InChI=1S/C15H22N2O2/c1-9(2)15(5-6-15)8-16-12-7-10(3)17-11(4)13(12)14(18)19/h7,9H,5-6,8H2,1-4H3,(H,16,17)(H,18,19). The highest BCUT2D eigenvalue weighted by Gasteiger charge is 2.45. The fraction of sp³-hybridized carbons (Fsp3) is 0.600. The Morgan fingerprint density at radius 2 is 2.11 bits per heavy atom. The smallest absolute Gasteiger partial charge is 0.339 e. The number of hydrogen-bond donors (Lipinski definition) is 2. The van der Waals surface area contributed by atoms with E-state index in [1.54, 1.807) is 6.92 Å². The molecule has 1 aliphatic carbocycles. The molecule has 0 atom stereocenters. The van der Waals surface area contributed by atoms with Crippen LogP contribution in [0.4, 0.5) is 5.69 Å². The van der Waals surface area contributed by atoms with Crippen LogP contribution in [-0.4, -0.2) is 22.6 Å². The average molecular weight is 262 g/mol. The van der Waals surface area contributed by atoms with Crippen LogP contribution in [0.15, 0.2) is 6.07 Å². The average Bonchev–Trinajstić information content (AvgIpc) is 3.05. The molecule has 1 saturated carbocycles. The highest BCUT2D eigenvalue weighted by Crippen LogP contribution is 2.51. The maximum Gasteiger partial charge on any atom is 0.339 e. The Balaban J connectivity index is 2.22. The van der Waals surface area contributed by atoms with Gasteiger partial charge in [0.05, 0.1) is 11.4 Å². The van der Waals surface area contributed by atoms with Gasteiger partial charge in [-0.25, -0.2) is 4.79 Å². The summed E-state index contributed by atoms with van der Waals surface area (Å²) >= 11 is 0. The maximum absolute atomic E-state index is 11.3. The number of nitrogens with zero attached hydrogens (tertiary/aromatic N) is 1. The quantitative estimate of drug-likeness (QED) is 0.855. The number of carbonyl (C=O) groups is 1. The third-order valence-electron chi connectivity index (χ3n) is 4.29. The van der Waals surface area contributed by atoms with E-state index in [1.165, 1.54) is 12.8 Å². The molecule has 1 aliphatic rings. The molecular formula is C15H22N2O2. The van der Waals surface area contributed by atoms with Crippen molar-refractivity contribution in [2.45, 2.75) is 40.5 Å². The molecule has 2 N–H and O–H groups in total. The Kier molecular flexibility index (Phi) is 3.52. The highest BCUT2D eigenvalue weighted by atomic mass is 16.4. The second-order valence-corrected chi connectivity index (χ2v) is 5.95. The fourth-order valence-corrected chi connectivity index (χ4v) is 2.63. The molecule has 4 nitrogen and oxygen atoms in total. The molecule has 1 heterocycles. The van der Waals surface area contributed by atoms with E-state index in [2.05, 4.69) is 24.1 Å². The fourth-order valence-electron chi connectivity index (χ4n) is 2.63. The number of aromatic carboxylic acids is 1. The second-order valence-electron chi connectivity index (χ2n) is 5.95. The Labute approximate surface area is 114 Å². The number of rotatable bonds is 5. The van der Waals surface area contributed by atoms with Crippen molar-refractivity contribution >= 4 is 11.7 Å². The molecule has 1 aromatic rings. The van der Waals surface area contributed by atoms with Crippen LogP contribution >= 0.6 is 0 Å². The molecule has 0 aliphatic heterocycles. The molecule has 1 fully saturated rings. The molecule has 4 heteroatoms. The molecule has 1 aromatic heterocycles. The van der Waals surface area contributed by atoms with Crippen LogP contribution in [0.25, 0.3) is 0 Å². The van der Waals surface area contributed by atoms with Crippen molar-refractivity contribution in [3.63, 3.8) is 0 Å². The Bertz CT molecular complexity index is 505. The van der Waals surface area contributed by atoms with Crippen LogP contribution in [0.3, 0.4) is 0 Å². The van der Waals surface area contributed by atoms with Crippen LogP contribution in [0.1, 0.15) is 48.4 Å². The van der Waals surface area contributed by atoms with Crippen LogP contribution in [-0.2, 0) is 0 Å². The predicted octanol–water partition coefficient (Wildman–Crippen LogP) is 3.24. The molecular weight excluding hydrogens is 240 g/mol. The van der Waals surface area contributed by atoms with Crippen molar-refractivity contribution in [3.05, 3.63) is 23.0 Å².